The lowest BCUT2D eigenvalue weighted by molar-refractivity contribution is 0.618. The fraction of sp³-hybridized carbons (Fsp3) is 0.412. The number of benzene rings is 1. The van der Waals surface area contributed by atoms with E-state index in [1.165, 1.54) is 23.2 Å². The summed E-state index contributed by atoms with van der Waals surface area (Å²) >= 11 is 1.78. The zero-order valence-electron chi connectivity index (χ0n) is 12.0. The summed E-state index contributed by atoms with van der Waals surface area (Å²) in [6.45, 7) is 5.55. The first-order valence-corrected chi connectivity index (χ1v) is 8.35. The number of rotatable bonds is 6. The number of hydrogen-bond acceptors (Lipinski definition) is 3. The Hall–Kier alpha value is -1.32. The van der Waals surface area contributed by atoms with Gasteiger partial charge in [0.05, 0.1) is 0 Å². The normalized spacial score (nSPS) is 17.4. The molecule has 1 aliphatic rings. The van der Waals surface area contributed by atoms with Gasteiger partial charge >= 0.3 is 0 Å². The first kappa shape index (κ1) is 13.7. The highest BCUT2D eigenvalue weighted by Gasteiger charge is 2.24. The van der Waals surface area contributed by atoms with E-state index in [4.69, 9.17) is 0 Å². The highest BCUT2D eigenvalue weighted by molar-refractivity contribution is 7.07. The van der Waals surface area contributed by atoms with Gasteiger partial charge in [0, 0.05) is 24.8 Å². The van der Waals surface area contributed by atoms with Gasteiger partial charge in [-0.1, -0.05) is 18.2 Å². The predicted molar refractivity (Wildman–Crippen MR) is 87.8 cm³/mol. The average molecular weight is 286 g/mol. The van der Waals surface area contributed by atoms with Crippen molar-refractivity contribution in [1.82, 2.24) is 5.32 Å². The molecule has 0 radical (unpaired) electrons. The number of para-hydroxylation sites is 1. The van der Waals surface area contributed by atoms with Gasteiger partial charge in [-0.25, -0.2) is 0 Å². The van der Waals surface area contributed by atoms with E-state index in [1.54, 1.807) is 11.3 Å². The smallest absolute Gasteiger partial charge is 0.0402 e. The van der Waals surface area contributed by atoms with E-state index < -0.39 is 0 Å². The monoisotopic (exact) mass is 286 g/mol. The van der Waals surface area contributed by atoms with Crippen LogP contribution in [0.3, 0.4) is 0 Å². The van der Waals surface area contributed by atoms with Crippen LogP contribution in [0.2, 0.25) is 0 Å². The van der Waals surface area contributed by atoms with Crippen molar-refractivity contribution in [3.05, 3.63) is 52.2 Å². The summed E-state index contributed by atoms with van der Waals surface area (Å²) < 4.78 is 0. The highest BCUT2D eigenvalue weighted by atomic mass is 32.1. The minimum Gasteiger partial charge on any atom is -0.367 e. The van der Waals surface area contributed by atoms with E-state index in [1.807, 2.05) is 0 Å². The van der Waals surface area contributed by atoms with Crippen LogP contribution in [0.25, 0.3) is 0 Å². The van der Waals surface area contributed by atoms with Gasteiger partial charge in [0.25, 0.3) is 0 Å². The lowest BCUT2D eigenvalue weighted by atomic mass is 10.1. The van der Waals surface area contributed by atoms with Gasteiger partial charge in [-0.05, 0) is 60.3 Å². The molecule has 1 aromatic carbocycles. The van der Waals surface area contributed by atoms with Crippen LogP contribution in [0, 0.1) is 0 Å². The van der Waals surface area contributed by atoms with Crippen LogP contribution in [-0.4, -0.2) is 25.7 Å². The molecular formula is C17H22N2S. The Morgan fingerprint density at radius 2 is 2.15 bits per heavy atom. The molecule has 2 heterocycles. The quantitative estimate of drug-likeness (QED) is 0.819. The maximum Gasteiger partial charge on any atom is 0.0402 e. The van der Waals surface area contributed by atoms with Gasteiger partial charge < -0.3 is 10.2 Å². The minimum absolute atomic E-state index is 0.631. The van der Waals surface area contributed by atoms with Crippen molar-refractivity contribution in [3.8, 4) is 0 Å². The zero-order chi connectivity index (χ0) is 13.8. The van der Waals surface area contributed by atoms with Gasteiger partial charge in [-0.3, -0.25) is 0 Å². The molecule has 1 aliphatic heterocycles. The molecule has 2 nitrogen and oxygen atoms in total. The molecule has 20 heavy (non-hydrogen) atoms. The van der Waals surface area contributed by atoms with E-state index in [9.17, 15) is 0 Å². The molecule has 0 saturated carbocycles. The van der Waals surface area contributed by atoms with Gasteiger partial charge in [-0.2, -0.15) is 11.3 Å². The van der Waals surface area contributed by atoms with Crippen LogP contribution in [0.1, 0.15) is 18.1 Å². The molecule has 3 heteroatoms. The van der Waals surface area contributed by atoms with Crippen LogP contribution in [0.4, 0.5) is 5.69 Å². The standard InChI is InChI=1S/C17H22N2S/c1-14-12-16-4-2-3-5-17(16)19(14)10-9-18-8-6-15-7-11-20-13-15/h2-5,7,11,13-14,18H,6,8-10,12H2,1H3. The molecule has 0 fully saturated rings. The molecule has 0 saturated heterocycles. The number of fused-ring (bicyclic) bond motifs is 1. The lowest BCUT2D eigenvalue weighted by Crippen LogP contribution is -2.36. The molecule has 106 valence electrons. The van der Waals surface area contributed by atoms with Crippen molar-refractivity contribution >= 4 is 17.0 Å². The van der Waals surface area contributed by atoms with Crippen LogP contribution in [-0.2, 0) is 12.8 Å². The molecule has 1 atom stereocenters. The topological polar surface area (TPSA) is 15.3 Å². The number of hydrogen-bond donors (Lipinski definition) is 1. The van der Waals surface area contributed by atoms with Crippen LogP contribution in [0.15, 0.2) is 41.1 Å². The zero-order valence-corrected chi connectivity index (χ0v) is 12.8. The summed E-state index contributed by atoms with van der Waals surface area (Å²) in [6.07, 6.45) is 2.32. The Balaban J connectivity index is 1.44. The summed E-state index contributed by atoms with van der Waals surface area (Å²) in [5.74, 6) is 0. The van der Waals surface area contributed by atoms with Gasteiger partial charge in [-0.15, -0.1) is 0 Å². The molecular weight excluding hydrogens is 264 g/mol. The van der Waals surface area contributed by atoms with Crippen molar-refractivity contribution < 1.29 is 0 Å². The van der Waals surface area contributed by atoms with E-state index in [0.29, 0.717) is 6.04 Å². The summed E-state index contributed by atoms with van der Waals surface area (Å²) in [5.41, 5.74) is 4.38. The predicted octanol–water partition coefficient (Wildman–Crippen LogP) is 3.33. The van der Waals surface area contributed by atoms with Gasteiger partial charge in [0.2, 0.25) is 0 Å². The Bertz CT molecular complexity index is 536. The number of nitrogens with one attached hydrogen (secondary N) is 1. The van der Waals surface area contributed by atoms with E-state index in [2.05, 4.69) is 58.2 Å². The third-order valence-electron chi connectivity index (χ3n) is 4.05. The van der Waals surface area contributed by atoms with E-state index in [-0.39, 0.29) is 0 Å². The molecule has 1 N–H and O–H groups in total. The fourth-order valence-corrected chi connectivity index (χ4v) is 3.67. The Kier molecular flexibility index (Phi) is 4.38. The summed E-state index contributed by atoms with van der Waals surface area (Å²) in [4.78, 5) is 2.53. The second-order valence-electron chi connectivity index (χ2n) is 5.51. The fourth-order valence-electron chi connectivity index (χ4n) is 2.96. The molecule has 0 spiro atoms. The first-order chi connectivity index (χ1) is 9.84. The SMILES string of the molecule is CC1Cc2ccccc2N1CCNCCc1ccsc1. The first-order valence-electron chi connectivity index (χ1n) is 7.41. The number of anilines is 1. The maximum absolute atomic E-state index is 3.56. The maximum atomic E-state index is 3.56. The second-order valence-corrected chi connectivity index (χ2v) is 6.29. The number of nitrogens with zero attached hydrogens (tertiary/aromatic N) is 1. The molecule has 0 amide bonds. The molecule has 2 aromatic rings. The largest absolute Gasteiger partial charge is 0.367 e. The van der Waals surface area contributed by atoms with Crippen LogP contribution < -0.4 is 10.2 Å². The molecule has 3 rings (SSSR count). The molecule has 0 aliphatic carbocycles. The highest BCUT2D eigenvalue weighted by Crippen LogP contribution is 2.31. The van der Waals surface area contributed by atoms with Gasteiger partial charge in [0.1, 0.15) is 0 Å². The minimum atomic E-state index is 0.631. The Morgan fingerprint density at radius 3 is 3.00 bits per heavy atom. The second kappa shape index (κ2) is 6.42. The molecule has 1 aromatic heterocycles. The third kappa shape index (κ3) is 3.05. The summed E-state index contributed by atoms with van der Waals surface area (Å²) in [7, 11) is 0. The Labute approximate surface area is 125 Å². The molecule has 1 unspecified atom stereocenters. The van der Waals surface area contributed by atoms with E-state index >= 15 is 0 Å². The molecule has 0 bridgehead atoms. The van der Waals surface area contributed by atoms with E-state index in [0.717, 1.165) is 26.1 Å². The van der Waals surface area contributed by atoms with Crippen molar-refractivity contribution in [2.75, 3.05) is 24.5 Å². The average Bonchev–Trinajstić information content (AvgIpc) is 3.06. The summed E-state index contributed by atoms with van der Waals surface area (Å²) in [5, 5.41) is 7.95. The van der Waals surface area contributed by atoms with Crippen molar-refractivity contribution in [3.63, 3.8) is 0 Å². The van der Waals surface area contributed by atoms with Crippen molar-refractivity contribution in [1.29, 1.82) is 0 Å². The van der Waals surface area contributed by atoms with Crippen LogP contribution in [0.5, 0.6) is 0 Å². The lowest BCUT2D eigenvalue weighted by Gasteiger charge is -2.25. The van der Waals surface area contributed by atoms with Crippen LogP contribution >= 0.6 is 11.3 Å². The number of thiophene rings is 1. The van der Waals surface area contributed by atoms with Crippen molar-refractivity contribution in [2.45, 2.75) is 25.8 Å². The Morgan fingerprint density at radius 1 is 1.25 bits per heavy atom. The van der Waals surface area contributed by atoms with Crippen molar-refractivity contribution in [2.24, 2.45) is 0 Å². The summed E-state index contributed by atoms with van der Waals surface area (Å²) in [6, 6.07) is 11.7. The third-order valence-corrected chi connectivity index (χ3v) is 4.78. The van der Waals surface area contributed by atoms with Gasteiger partial charge in [0.15, 0.2) is 0 Å².